The fourth-order valence-corrected chi connectivity index (χ4v) is 2.38. The van der Waals surface area contributed by atoms with Crippen molar-refractivity contribution in [2.24, 2.45) is 0 Å². The van der Waals surface area contributed by atoms with Gasteiger partial charge in [0.2, 0.25) is 5.95 Å². The largest absolute Gasteiger partial charge is 0.326 e. The number of hydrogen-bond donors (Lipinski definition) is 2. The van der Waals surface area contributed by atoms with Gasteiger partial charge in [-0.05, 0) is 37.1 Å². The first-order valence-corrected chi connectivity index (χ1v) is 7.22. The van der Waals surface area contributed by atoms with Crippen LogP contribution in [0, 0.1) is 0 Å². The van der Waals surface area contributed by atoms with Gasteiger partial charge in [-0.1, -0.05) is 11.6 Å². The molecule has 1 aliphatic rings. The maximum atomic E-state index is 11.9. The quantitative estimate of drug-likeness (QED) is 0.890. The molecule has 3 rings (SSSR count). The number of fused-ring (bicyclic) bond motifs is 1. The molecule has 0 atom stereocenters. The molecule has 0 saturated carbocycles. The first-order valence-electron chi connectivity index (χ1n) is 6.84. The lowest BCUT2D eigenvalue weighted by Crippen LogP contribution is -2.22. The van der Waals surface area contributed by atoms with Crippen LogP contribution in [0.2, 0.25) is 5.02 Å². The third-order valence-corrected chi connectivity index (χ3v) is 3.56. The van der Waals surface area contributed by atoms with Crippen molar-refractivity contribution in [1.29, 1.82) is 0 Å². The molecule has 2 N–H and O–H groups in total. The lowest BCUT2D eigenvalue weighted by molar-refractivity contribution is 0.0971. The van der Waals surface area contributed by atoms with Gasteiger partial charge in [-0.15, -0.1) is 0 Å². The molecule has 0 bridgehead atoms. The molecule has 1 heterocycles. The molecule has 0 saturated heterocycles. The average molecular weight is 317 g/mol. The van der Waals surface area contributed by atoms with Crippen LogP contribution in [-0.2, 0) is 6.42 Å². The zero-order valence-electron chi connectivity index (χ0n) is 11.6. The second kappa shape index (κ2) is 6.11. The summed E-state index contributed by atoms with van der Waals surface area (Å²) in [5.41, 5.74) is 1.85. The number of ketones is 1. The Labute approximate surface area is 131 Å². The predicted molar refractivity (Wildman–Crippen MR) is 83.4 cm³/mol. The van der Waals surface area contributed by atoms with Crippen molar-refractivity contribution in [1.82, 2.24) is 9.97 Å². The minimum atomic E-state index is -0.454. The highest BCUT2D eigenvalue weighted by molar-refractivity contribution is 6.30. The molecule has 7 heteroatoms. The van der Waals surface area contributed by atoms with E-state index in [1.807, 2.05) is 0 Å². The lowest BCUT2D eigenvalue weighted by Gasteiger charge is -2.14. The number of Topliss-reactive ketones (excluding diaryl/α,β-unsaturated/α-hetero) is 1. The molecule has 22 heavy (non-hydrogen) atoms. The van der Waals surface area contributed by atoms with Crippen molar-refractivity contribution in [2.45, 2.75) is 19.3 Å². The fraction of sp³-hybridized carbons (Fsp3) is 0.200. The number of hydrogen-bond acceptors (Lipinski definition) is 4. The third-order valence-electron chi connectivity index (χ3n) is 3.31. The second-order valence-electron chi connectivity index (χ2n) is 4.92. The van der Waals surface area contributed by atoms with Crippen LogP contribution in [0.25, 0.3) is 0 Å². The molecule has 0 aliphatic heterocycles. The Hall–Kier alpha value is -2.47. The zero-order valence-corrected chi connectivity index (χ0v) is 12.4. The predicted octanol–water partition coefficient (Wildman–Crippen LogP) is 3.29. The van der Waals surface area contributed by atoms with Crippen molar-refractivity contribution >= 4 is 35.1 Å². The smallest absolute Gasteiger partial charge is 0.308 e. The molecule has 0 spiro atoms. The van der Waals surface area contributed by atoms with Crippen LogP contribution in [0.5, 0.6) is 0 Å². The summed E-state index contributed by atoms with van der Waals surface area (Å²) >= 11 is 5.78. The standard InChI is InChI=1S/C15H13ClN4O2/c16-9-4-6-10(7-5-9)18-15(22)20-14-17-8-11-12(19-14)2-1-3-13(11)21/h4-8H,1-3H2,(H2,17,18,19,20,22). The van der Waals surface area contributed by atoms with Gasteiger partial charge in [-0.25, -0.2) is 14.8 Å². The first-order chi connectivity index (χ1) is 10.6. The number of amides is 2. The van der Waals surface area contributed by atoms with E-state index in [9.17, 15) is 9.59 Å². The summed E-state index contributed by atoms with van der Waals surface area (Å²) in [6.45, 7) is 0. The second-order valence-corrected chi connectivity index (χ2v) is 5.35. The van der Waals surface area contributed by atoms with Gasteiger partial charge >= 0.3 is 6.03 Å². The monoisotopic (exact) mass is 316 g/mol. The Morgan fingerprint density at radius 1 is 1.14 bits per heavy atom. The maximum absolute atomic E-state index is 11.9. The van der Waals surface area contributed by atoms with Gasteiger partial charge in [0.25, 0.3) is 0 Å². The minimum absolute atomic E-state index is 0.0541. The van der Waals surface area contributed by atoms with Crippen LogP contribution in [-0.4, -0.2) is 21.8 Å². The molecule has 2 aromatic rings. The molecule has 1 aromatic carbocycles. The summed E-state index contributed by atoms with van der Waals surface area (Å²) in [6, 6.07) is 6.28. The normalized spacial score (nSPS) is 13.4. The number of halogens is 1. The van der Waals surface area contributed by atoms with Crippen molar-refractivity contribution in [3.63, 3.8) is 0 Å². The molecule has 2 amide bonds. The highest BCUT2D eigenvalue weighted by Gasteiger charge is 2.19. The summed E-state index contributed by atoms with van der Waals surface area (Å²) in [6.07, 6.45) is 3.50. The maximum Gasteiger partial charge on any atom is 0.326 e. The summed E-state index contributed by atoms with van der Waals surface area (Å²) in [5, 5.41) is 5.80. The topological polar surface area (TPSA) is 84.0 Å². The highest BCUT2D eigenvalue weighted by Crippen LogP contribution is 2.20. The number of benzene rings is 1. The summed E-state index contributed by atoms with van der Waals surface area (Å²) in [4.78, 5) is 31.8. The minimum Gasteiger partial charge on any atom is -0.308 e. The van der Waals surface area contributed by atoms with Gasteiger partial charge < -0.3 is 5.32 Å². The van der Waals surface area contributed by atoms with Crippen LogP contribution in [0.4, 0.5) is 16.4 Å². The number of nitrogens with one attached hydrogen (secondary N) is 2. The van der Waals surface area contributed by atoms with E-state index in [1.54, 1.807) is 24.3 Å². The zero-order chi connectivity index (χ0) is 15.5. The van der Waals surface area contributed by atoms with Gasteiger partial charge in [0, 0.05) is 23.3 Å². The Morgan fingerprint density at radius 3 is 2.68 bits per heavy atom. The van der Waals surface area contributed by atoms with Gasteiger partial charge in [0.05, 0.1) is 11.3 Å². The molecular weight excluding hydrogens is 304 g/mol. The van der Waals surface area contributed by atoms with Crippen molar-refractivity contribution in [3.05, 3.63) is 46.7 Å². The number of anilines is 2. The number of urea groups is 1. The SMILES string of the molecule is O=C(Nc1ccc(Cl)cc1)Nc1ncc2c(n1)CCCC2=O. The highest BCUT2D eigenvalue weighted by atomic mass is 35.5. The van der Waals surface area contributed by atoms with E-state index in [-0.39, 0.29) is 11.7 Å². The van der Waals surface area contributed by atoms with E-state index in [1.165, 1.54) is 6.20 Å². The molecule has 0 radical (unpaired) electrons. The van der Waals surface area contributed by atoms with Gasteiger partial charge in [0.1, 0.15) is 0 Å². The lowest BCUT2D eigenvalue weighted by atomic mass is 9.96. The molecule has 112 valence electrons. The van der Waals surface area contributed by atoms with Gasteiger partial charge in [0.15, 0.2) is 5.78 Å². The molecule has 6 nitrogen and oxygen atoms in total. The number of carbonyl (C=O) groups excluding carboxylic acids is 2. The number of aryl methyl sites for hydroxylation is 1. The van der Waals surface area contributed by atoms with Crippen molar-refractivity contribution in [3.8, 4) is 0 Å². The molecule has 0 unspecified atom stereocenters. The Morgan fingerprint density at radius 2 is 1.91 bits per heavy atom. The Balaban J connectivity index is 1.69. The van der Waals surface area contributed by atoms with Gasteiger partial charge in [-0.3, -0.25) is 10.1 Å². The van der Waals surface area contributed by atoms with E-state index >= 15 is 0 Å². The van der Waals surface area contributed by atoms with Crippen LogP contribution in [0.15, 0.2) is 30.5 Å². The van der Waals surface area contributed by atoms with E-state index in [4.69, 9.17) is 11.6 Å². The number of aromatic nitrogens is 2. The number of carbonyl (C=O) groups is 2. The van der Waals surface area contributed by atoms with E-state index < -0.39 is 6.03 Å². The van der Waals surface area contributed by atoms with E-state index in [0.29, 0.717) is 28.4 Å². The van der Waals surface area contributed by atoms with Crippen LogP contribution < -0.4 is 10.6 Å². The Bertz CT molecular complexity index is 731. The number of rotatable bonds is 2. The van der Waals surface area contributed by atoms with Crippen molar-refractivity contribution in [2.75, 3.05) is 10.6 Å². The molecule has 1 aliphatic carbocycles. The summed E-state index contributed by atoms with van der Waals surface area (Å²) < 4.78 is 0. The van der Waals surface area contributed by atoms with Gasteiger partial charge in [-0.2, -0.15) is 0 Å². The molecule has 0 fully saturated rings. The Kier molecular flexibility index (Phi) is 4.02. The molecular formula is C15H13ClN4O2. The summed E-state index contributed by atoms with van der Waals surface area (Å²) in [7, 11) is 0. The third kappa shape index (κ3) is 3.23. The van der Waals surface area contributed by atoms with Crippen LogP contribution in [0.3, 0.4) is 0 Å². The van der Waals surface area contributed by atoms with Crippen LogP contribution >= 0.6 is 11.6 Å². The number of nitrogens with zero attached hydrogens (tertiary/aromatic N) is 2. The first kappa shape index (κ1) is 14.5. The summed E-state index contributed by atoms with van der Waals surface area (Å²) in [5.74, 6) is 0.235. The molecule has 1 aromatic heterocycles. The van der Waals surface area contributed by atoms with Crippen LogP contribution in [0.1, 0.15) is 28.9 Å². The van der Waals surface area contributed by atoms with E-state index in [2.05, 4.69) is 20.6 Å². The van der Waals surface area contributed by atoms with Crippen molar-refractivity contribution < 1.29 is 9.59 Å². The van der Waals surface area contributed by atoms with E-state index in [0.717, 1.165) is 12.8 Å². The fourth-order valence-electron chi connectivity index (χ4n) is 2.25. The average Bonchev–Trinajstić information content (AvgIpc) is 2.50.